The first-order valence-electron chi connectivity index (χ1n) is 18.5. The molecule has 3 aliphatic rings. The molecule has 15 nitrogen and oxygen atoms in total. The molecular formula is C37H63NO14. The van der Waals surface area contributed by atoms with Gasteiger partial charge in [-0.25, -0.2) is 0 Å². The number of hydrogen-bond donors (Lipinski definition) is 4. The number of aldehydes is 1. The topological polar surface area (TPSA) is 200 Å². The second kappa shape index (κ2) is 20.0. The fourth-order valence-corrected chi connectivity index (χ4v) is 7.54. The minimum atomic E-state index is -1.47. The van der Waals surface area contributed by atoms with Gasteiger partial charge in [-0.15, -0.1) is 0 Å². The third-order valence-electron chi connectivity index (χ3n) is 10.3. The maximum absolute atomic E-state index is 12.8. The van der Waals surface area contributed by atoms with Crippen molar-refractivity contribution >= 4 is 18.2 Å². The number of cyclic esters (lactones) is 1. The Kier molecular flexibility index (Phi) is 17.1. The van der Waals surface area contributed by atoms with Crippen molar-refractivity contribution in [2.45, 2.75) is 172 Å². The molecule has 52 heavy (non-hydrogen) atoms. The molecule has 0 aliphatic carbocycles. The van der Waals surface area contributed by atoms with Crippen molar-refractivity contribution in [2.24, 2.45) is 11.8 Å². The Labute approximate surface area is 307 Å². The fourth-order valence-electron chi connectivity index (χ4n) is 7.54. The normalized spacial score (nSPS) is 43.3. The van der Waals surface area contributed by atoms with Gasteiger partial charge in [-0.1, -0.05) is 26.0 Å². The van der Waals surface area contributed by atoms with Gasteiger partial charge in [-0.3, -0.25) is 9.59 Å². The average Bonchev–Trinajstić information content (AvgIpc) is 3.03. The van der Waals surface area contributed by atoms with E-state index < -0.39 is 110 Å². The van der Waals surface area contributed by atoms with E-state index in [1.54, 1.807) is 58.8 Å². The number of ether oxygens (including phenoxy) is 7. The van der Waals surface area contributed by atoms with Crippen molar-refractivity contribution in [2.75, 3.05) is 21.2 Å². The van der Waals surface area contributed by atoms with Crippen LogP contribution in [0.2, 0.25) is 0 Å². The van der Waals surface area contributed by atoms with Crippen LogP contribution in [0.3, 0.4) is 0 Å². The van der Waals surface area contributed by atoms with Gasteiger partial charge >= 0.3 is 11.9 Å². The van der Waals surface area contributed by atoms with Gasteiger partial charge in [-0.05, 0) is 66.5 Å². The third kappa shape index (κ3) is 11.7. The Morgan fingerprint density at radius 1 is 1.06 bits per heavy atom. The van der Waals surface area contributed by atoms with Crippen molar-refractivity contribution in [3.63, 3.8) is 0 Å². The maximum atomic E-state index is 12.8. The number of methoxy groups -OCH3 is 1. The number of aliphatic hydroxyl groups excluding tert-OH is 3. The number of esters is 2. The molecule has 0 aromatic heterocycles. The monoisotopic (exact) mass is 745 g/mol. The zero-order valence-corrected chi connectivity index (χ0v) is 32.2. The molecule has 15 heteroatoms. The van der Waals surface area contributed by atoms with E-state index in [1.165, 1.54) is 7.11 Å². The molecule has 1 unspecified atom stereocenters. The first-order chi connectivity index (χ1) is 24.4. The number of carbonyl (C=O) groups is 3. The Bertz CT molecular complexity index is 1170. The van der Waals surface area contributed by atoms with Crippen LogP contribution in [0.25, 0.3) is 0 Å². The zero-order valence-electron chi connectivity index (χ0n) is 32.2. The summed E-state index contributed by atoms with van der Waals surface area (Å²) >= 11 is 0. The third-order valence-corrected chi connectivity index (χ3v) is 10.3. The second-order valence-corrected chi connectivity index (χ2v) is 15.2. The summed E-state index contributed by atoms with van der Waals surface area (Å²) in [5, 5.41) is 45.4. The molecule has 0 aromatic rings. The van der Waals surface area contributed by atoms with Crippen LogP contribution < -0.4 is 0 Å². The molecule has 2 saturated heterocycles. The van der Waals surface area contributed by atoms with Crippen molar-refractivity contribution < 1.29 is 68.0 Å². The van der Waals surface area contributed by atoms with E-state index in [4.69, 9.17) is 33.2 Å². The largest absolute Gasteiger partial charge is 0.462 e. The van der Waals surface area contributed by atoms with Crippen LogP contribution in [0.4, 0.5) is 0 Å². The molecule has 2 fully saturated rings. The summed E-state index contributed by atoms with van der Waals surface area (Å²) < 4.78 is 42.1. The second-order valence-electron chi connectivity index (χ2n) is 15.2. The Morgan fingerprint density at radius 2 is 1.75 bits per heavy atom. The maximum Gasteiger partial charge on any atom is 0.308 e. The molecule has 0 amide bonds. The summed E-state index contributed by atoms with van der Waals surface area (Å²) in [7, 11) is 4.86. The SMILES string of the molecule is CCCC(=O)O[C@H]1[C@H](C)O[C@@H](O[C@H]2[C@H](N(C)C)[C@@H](O)[C@H](OC3[C@@H](CC=O)C[C@@H](C)[C@@H](O)/C=C/C[C@@H](C)OC(=O)C[C@@H](O)[C@@H]3OC)O[C@@H]2C)C[C@@]1(C)O. The summed E-state index contributed by atoms with van der Waals surface area (Å²) in [6, 6.07) is -0.742. The predicted octanol–water partition coefficient (Wildman–Crippen LogP) is 1.64. The molecule has 3 rings (SSSR count). The van der Waals surface area contributed by atoms with Gasteiger partial charge in [0.05, 0.1) is 43.0 Å². The number of aliphatic hydroxyl groups is 4. The van der Waals surface area contributed by atoms with E-state index >= 15 is 0 Å². The van der Waals surface area contributed by atoms with Crippen LogP contribution in [0.15, 0.2) is 12.2 Å². The molecule has 4 N–H and O–H groups in total. The summed E-state index contributed by atoms with van der Waals surface area (Å²) in [6.45, 7) is 10.4. The molecule has 16 atom stereocenters. The lowest BCUT2D eigenvalue weighted by Crippen LogP contribution is -2.66. The Hall–Kier alpha value is -2.05. The molecule has 0 saturated carbocycles. The highest BCUT2D eigenvalue weighted by atomic mass is 16.7. The summed E-state index contributed by atoms with van der Waals surface area (Å²) in [5.41, 5.74) is -1.47. The number of hydrogen-bond acceptors (Lipinski definition) is 15. The highest BCUT2D eigenvalue weighted by Gasteiger charge is 2.52. The van der Waals surface area contributed by atoms with Crippen LogP contribution in [-0.2, 0) is 47.5 Å². The van der Waals surface area contributed by atoms with Gasteiger partial charge in [0.2, 0.25) is 0 Å². The Morgan fingerprint density at radius 3 is 2.35 bits per heavy atom. The highest BCUT2D eigenvalue weighted by molar-refractivity contribution is 5.70. The van der Waals surface area contributed by atoms with Crippen molar-refractivity contribution in [3.8, 4) is 0 Å². The van der Waals surface area contributed by atoms with Gasteiger partial charge in [0.15, 0.2) is 18.7 Å². The van der Waals surface area contributed by atoms with E-state index in [1.807, 2.05) is 13.8 Å². The fraction of sp³-hybridized carbons (Fsp3) is 0.865. The average molecular weight is 746 g/mol. The number of rotatable bonds is 11. The van der Waals surface area contributed by atoms with Crippen LogP contribution in [0.1, 0.15) is 86.5 Å². The summed E-state index contributed by atoms with van der Waals surface area (Å²) in [6.07, 6.45) is -6.71. The lowest BCUT2D eigenvalue weighted by atomic mass is 9.82. The van der Waals surface area contributed by atoms with Crippen molar-refractivity contribution in [1.82, 2.24) is 4.90 Å². The molecule has 0 bridgehead atoms. The number of likely N-dealkylation sites (N-methyl/N-ethyl adjacent to an activating group) is 1. The lowest BCUT2D eigenvalue weighted by Gasteiger charge is -2.50. The minimum absolute atomic E-state index is 0.0237. The molecule has 3 aliphatic heterocycles. The molecule has 0 radical (unpaired) electrons. The quantitative estimate of drug-likeness (QED) is 0.135. The van der Waals surface area contributed by atoms with E-state index in [-0.39, 0.29) is 31.6 Å². The summed E-state index contributed by atoms with van der Waals surface area (Å²) in [4.78, 5) is 38.8. The molecule has 0 spiro atoms. The van der Waals surface area contributed by atoms with Gasteiger partial charge in [0.1, 0.15) is 36.3 Å². The van der Waals surface area contributed by atoms with Crippen molar-refractivity contribution in [3.05, 3.63) is 12.2 Å². The van der Waals surface area contributed by atoms with Crippen LogP contribution in [0, 0.1) is 11.8 Å². The summed E-state index contributed by atoms with van der Waals surface area (Å²) in [5.74, 6) is -2.08. The van der Waals surface area contributed by atoms with Gasteiger partial charge in [0, 0.05) is 32.8 Å². The molecular weight excluding hydrogens is 682 g/mol. The molecule has 3 heterocycles. The number of nitrogens with zero attached hydrogens (tertiary/aromatic N) is 1. The first-order valence-corrected chi connectivity index (χ1v) is 18.5. The number of carbonyl (C=O) groups excluding carboxylic acids is 3. The minimum Gasteiger partial charge on any atom is -0.462 e. The van der Waals surface area contributed by atoms with Crippen LogP contribution >= 0.6 is 0 Å². The predicted molar refractivity (Wildman–Crippen MR) is 187 cm³/mol. The van der Waals surface area contributed by atoms with Gasteiger partial charge in [0.25, 0.3) is 0 Å². The van der Waals surface area contributed by atoms with E-state index in [2.05, 4.69) is 0 Å². The molecule has 0 aromatic carbocycles. The van der Waals surface area contributed by atoms with Crippen molar-refractivity contribution in [1.29, 1.82) is 0 Å². The van der Waals surface area contributed by atoms with Gasteiger partial charge < -0.3 is 63.3 Å². The Balaban J connectivity index is 1.89. The van der Waals surface area contributed by atoms with Gasteiger partial charge in [-0.2, -0.15) is 0 Å². The first kappa shape index (κ1) is 44.3. The molecule has 300 valence electrons. The van der Waals surface area contributed by atoms with E-state index in [0.29, 0.717) is 12.8 Å². The zero-order chi connectivity index (χ0) is 38.9. The smallest absolute Gasteiger partial charge is 0.308 e. The highest BCUT2D eigenvalue weighted by Crippen LogP contribution is 2.37. The standard InChI is InChI=1S/C37H63NO14/c1-10-12-27(42)50-35-23(5)48-29(19-37(35,6)45)51-32-22(4)49-36(31(44)30(32)38(7)8)52-33-24(15-16-39)17-20(2)25(40)14-11-13-21(3)47-28(43)18-26(41)34(33)46-9/h11,14,16,20-26,29-36,40-41,44-45H,10,12-13,15,17-19H2,1-9H3/b14-11+/t20-,21-,22-,23+,24+,25+,26-,29+,30-,31-,32-,33?,34+,35+,36+,37-/m1/s1. The van der Waals surface area contributed by atoms with E-state index in [0.717, 1.165) is 6.29 Å². The van der Waals surface area contributed by atoms with Crippen LogP contribution in [-0.4, -0.2) is 150 Å². The van der Waals surface area contributed by atoms with Crippen LogP contribution in [0.5, 0.6) is 0 Å². The van der Waals surface area contributed by atoms with E-state index in [9.17, 15) is 34.8 Å². The lowest BCUT2D eigenvalue weighted by molar-refractivity contribution is -0.344.